The number of rotatable bonds is 5. The highest BCUT2D eigenvalue weighted by molar-refractivity contribution is 5.77. The maximum Gasteiger partial charge on any atom is 0.254 e. The number of amides is 1. The predicted molar refractivity (Wildman–Crippen MR) is 102 cm³/mol. The van der Waals surface area contributed by atoms with E-state index in [2.05, 4.69) is 32.0 Å². The van der Waals surface area contributed by atoms with Crippen LogP contribution in [0.3, 0.4) is 0 Å². The monoisotopic (exact) mass is 354 g/mol. The van der Waals surface area contributed by atoms with Crippen LogP contribution in [0.1, 0.15) is 28.8 Å². The Kier molecular flexibility index (Phi) is 5.16. The number of nitrogens with zero attached hydrogens (tertiary/aromatic N) is 2. The quantitative estimate of drug-likeness (QED) is 0.829. The minimum absolute atomic E-state index is 0.0351. The van der Waals surface area contributed by atoms with Crippen molar-refractivity contribution in [2.45, 2.75) is 39.7 Å². The molecule has 138 valence electrons. The van der Waals surface area contributed by atoms with Crippen molar-refractivity contribution in [2.24, 2.45) is 7.05 Å². The fourth-order valence-corrected chi connectivity index (χ4v) is 3.08. The molecule has 1 aromatic heterocycles. The molecule has 1 saturated heterocycles. The maximum atomic E-state index is 12.3. The number of carbonyl (C=O) groups is 1. The van der Waals surface area contributed by atoms with E-state index in [0.717, 1.165) is 12.1 Å². The molecule has 26 heavy (non-hydrogen) atoms. The van der Waals surface area contributed by atoms with Crippen molar-refractivity contribution in [1.82, 2.24) is 9.47 Å². The van der Waals surface area contributed by atoms with Gasteiger partial charge in [0.25, 0.3) is 5.56 Å². The van der Waals surface area contributed by atoms with Gasteiger partial charge in [-0.3, -0.25) is 9.59 Å². The van der Waals surface area contributed by atoms with Gasteiger partial charge in [0, 0.05) is 25.2 Å². The van der Waals surface area contributed by atoms with Gasteiger partial charge in [0.15, 0.2) is 0 Å². The molecule has 0 aliphatic carbocycles. The lowest BCUT2D eigenvalue weighted by Gasteiger charge is -2.39. The van der Waals surface area contributed by atoms with Crippen LogP contribution < -0.4 is 10.3 Å². The number of pyridine rings is 1. The summed E-state index contributed by atoms with van der Waals surface area (Å²) in [7, 11) is 1.74. The molecule has 0 spiro atoms. The summed E-state index contributed by atoms with van der Waals surface area (Å²) in [6.45, 7) is 7.23. The van der Waals surface area contributed by atoms with Gasteiger partial charge in [0.2, 0.25) is 5.91 Å². The number of aryl methyl sites for hydroxylation is 4. The van der Waals surface area contributed by atoms with Crippen molar-refractivity contribution in [2.75, 3.05) is 13.1 Å². The van der Waals surface area contributed by atoms with Gasteiger partial charge in [0.05, 0.1) is 13.1 Å². The predicted octanol–water partition coefficient (Wildman–Crippen LogP) is 2.53. The van der Waals surface area contributed by atoms with E-state index in [1.165, 1.54) is 22.8 Å². The Hall–Kier alpha value is -2.56. The molecule has 1 aliphatic heterocycles. The lowest BCUT2D eigenvalue weighted by Crippen LogP contribution is -2.56. The first kappa shape index (κ1) is 18.2. The average Bonchev–Trinajstić information content (AvgIpc) is 2.56. The summed E-state index contributed by atoms with van der Waals surface area (Å²) in [6.07, 6.45) is 1.24. The van der Waals surface area contributed by atoms with Crippen LogP contribution >= 0.6 is 0 Å². The molecule has 0 radical (unpaired) electrons. The van der Waals surface area contributed by atoms with Crippen LogP contribution in [0, 0.1) is 20.8 Å². The molecule has 1 aromatic carbocycles. The number of ether oxygens (including phenoxy) is 1. The molecular formula is C21H26N2O3. The highest BCUT2D eigenvalue weighted by Crippen LogP contribution is 2.19. The molecule has 5 nitrogen and oxygen atoms in total. The normalized spacial score (nSPS) is 14.2. The molecule has 0 unspecified atom stereocenters. The van der Waals surface area contributed by atoms with E-state index in [-0.39, 0.29) is 17.6 Å². The second kappa shape index (κ2) is 7.36. The smallest absolute Gasteiger partial charge is 0.254 e. The van der Waals surface area contributed by atoms with Gasteiger partial charge >= 0.3 is 0 Å². The summed E-state index contributed by atoms with van der Waals surface area (Å²) in [5.74, 6) is 0.737. The van der Waals surface area contributed by atoms with Crippen molar-refractivity contribution in [3.63, 3.8) is 0 Å². The number of hydrogen-bond acceptors (Lipinski definition) is 3. The molecule has 1 fully saturated rings. The molecule has 2 aromatic rings. The molecule has 0 N–H and O–H groups in total. The molecule has 1 aliphatic rings. The summed E-state index contributed by atoms with van der Waals surface area (Å²) < 4.78 is 7.41. The van der Waals surface area contributed by atoms with Gasteiger partial charge in [-0.15, -0.1) is 0 Å². The van der Waals surface area contributed by atoms with Crippen molar-refractivity contribution in [3.05, 3.63) is 63.1 Å². The summed E-state index contributed by atoms with van der Waals surface area (Å²) in [5, 5.41) is 0. The lowest BCUT2D eigenvalue weighted by molar-refractivity contribution is -0.139. The largest absolute Gasteiger partial charge is 0.486 e. The number of hydrogen-bond donors (Lipinski definition) is 0. The highest BCUT2D eigenvalue weighted by Gasteiger charge is 2.32. The average molecular weight is 354 g/mol. The first-order valence-corrected chi connectivity index (χ1v) is 9.01. The SMILES string of the molecule is Cc1ccc(CCC(=O)N2CC(Oc3cc(C)n(C)c(=O)c3)C2)cc1C. The Morgan fingerprint density at radius 2 is 1.85 bits per heavy atom. The Morgan fingerprint density at radius 1 is 1.12 bits per heavy atom. The summed E-state index contributed by atoms with van der Waals surface area (Å²) >= 11 is 0. The maximum absolute atomic E-state index is 12.3. The van der Waals surface area contributed by atoms with E-state index in [4.69, 9.17) is 4.74 Å². The molecule has 5 heteroatoms. The number of aromatic nitrogens is 1. The molecule has 1 amide bonds. The number of carbonyl (C=O) groups excluding carboxylic acids is 1. The molecule has 0 bridgehead atoms. The van der Waals surface area contributed by atoms with E-state index < -0.39 is 0 Å². The number of likely N-dealkylation sites (tertiary alicyclic amines) is 1. The molecule has 0 saturated carbocycles. The van der Waals surface area contributed by atoms with Gasteiger partial charge < -0.3 is 14.2 Å². The molecule has 3 rings (SSSR count). The zero-order chi connectivity index (χ0) is 18.8. The van der Waals surface area contributed by atoms with Gasteiger partial charge in [0.1, 0.15) is 11.9 Å². The first-order chi connectivity index (χ1) is 12.3. The second-order valence-corrected chi connectivity index (χ2v) is 7.19. The highest BCUT2D eigenvalue weighted by atomic mass is 16.5. The topological polar surface area (TPSA) is 51.5 Å². The zero-order valence-corrected chi connectivity index (χ0v) is 15.9. The standard InChI is InChI=1S/C21H26N2O3/c1-14-5-6-17(9-15(14)2)7-8-20(24)23-12-19(13-23)26-18-10-16(3)22(4)21(25)11-18/h5-6,9-11,19H,7-8,12-13H2,1-4H3. The Bertz CT molecular complexity index is 879. The van der Waals surface area contributed by atoms with Crippen molar-refractivity contribution >= 4 is 5.91 Å². The number of benzene rings is 1. The van der Waals surface area contributed by atoms with E-state index in [1.807, 2.05) is 17.9 Å². The van der Waals surface area contributed by atoms with Gasteiger partial charge in [-0.25, -0.2) is 0 Å². The fourth-order valence-electron chi connectivity index (χ4n) is 3.08. The summed E-state index contributed by atoms with van der Waals surface area (Å²) in [5.41, 5.74) is 4.50. The van der Waals surface area contributed by atoms with Crippen LogP contribution in [0.5, 0.6) is 5.75 Å². The third-order valence-electron chi connectivity index (χ3n) is 5.18. The van der Waals surface area contributed by atoms with Crippen LogP contribution in [-0.2, 0) is 18.3 Å². The van der Waals surface area contributed by atoms with E-state index in [1.54, 1.807) is 11.6 Å². The zero-order valence-electron chi connectivity index (χ0n) is 15.9. The van der Waals surface area contributed by atoms with Crippen molar-refractivity contribution in [3.8, 4) is 5.75 Å². The molecule has 2 heterocycles. The Labute approximate surface area is 154 Å². The van der Waals surface area contributed by atoms with Gasteiger partial charge in [-0.1, -0.05) is 18.2 Å². The Morgan fingerprint density at radius 3 is 2.50 bits per heavy atom. The third kappa shape index (κ3) is 3.98. The van der Waals surface area contributed by atoms with Crippen LogP contribution in [0.25, 0.3) is 0 Å². The molecule has 0 atom stereocenters. The third-order valence-corrected chi connectivity index (χ3v) is 5.18. The molecular weight excluding hydrogens is 328 g/mol. The van der Waals surface area contributed by atoms with E-state index in [0.29, 0.717) is 25.3 Å². The van der Waals surface area contributed by atoms with E-state index in [9.17, 15) is 9.59 Å². The van der Waals surface area contributed by atoms with Gasteiger partial charge in [-0.05, 0) is 49.9 Å². The van der Waals surface area contributed by atoms with E-state index >= 15 is 0 Å². The Balaban J connectivity index is 1.47. The first-order valence-electron chi connectivity index (χ1n) is 9.01. The minimum atomic E-state index is -0.0827. The van der Waals surface area contributed by atoms with Crippen molar-refractivity contribution < 1.29 is 9.53 Å². The lowest BCUT2D eigenvalue weighted by atomic mass is 10.0. The second-order valence-electron chi connectivity index (χ2n) is 7.19. The minimum Gasteiger partial charge on any atom is -0.486 e. The van der Waals surface area contributed by atoms with Crippen molar-refractivity contribution in [1.29, 1.82) is 0 Å². The van der Waals surface area contributed by atoms with Gasteiger partial charge in [-0.2, -0.15) is 0 Å². The van der Waals surface area contributed by atoms with Crippen LogP contribution in [0.15, 0.2) is 35.1 Å². The summed E-state index contributed by atoms with van der Waals surface area (Å²) in [6, 6.07) is 9.70. The van der Waals surface area contributed by atoms with Crippen LogP contribution in [-0.4, -0.2) is 34.6 Å². The fraction of sp³-hybridized carbons (Fsp3) is 0.429. The van der Waals surface area contributed by atoms with Crippen LogP contribution in [0.2, 0.25) is 0 Å². The van der Waals surface area contributed by atoms with Crippen LogP contribution in [0.4, 0.5) is 0 Å². The summed E-state index contributed by atoms with van der Waals surface area (Å²) in [4.78, 5) is 25.9.